The summed E-state index contributed by atoms with van der Waals surface area (Å²) in [6.45, 7) is 16.7. The van der Waals surface area contributed by atoms with Crippen LogP contribution in [0.15, 0.2) is 23.8 Å². The van der Waals surface area contributed by atoms with E-state index < -0.39 is 0 Å². The maximum Gasteiger partial charge on any atom is 0.00966 e. The second kappa shape index (κ2) is 7.71. The van der Waals surface area contributed by atoms with Crippen LogP contribution in [0.25, 0.3) is 0 Å². The first-order valence-electron chi connectivity index (χ1n) is 6.81. The van der Waals surface area contributed by atoms with Crippen molar-refractivity contribution in [3.05, 3.63) is 23.8 Å². The van der Waals surface area contributed by atoms with Crippen LogP contribution in [0.3, 0.4) is 0 Å². The quantitative estimate of drug-likeness (QED) is 0.668. The standard InChI is InChI=1S/C16H31N/c1-13(2)15(4)10-8-9-14(3)11-12-17-16(5,6)7/h8-10,13,15,17H,11-12H2,1-7H3/b10-8?,14-9+. The summed E-state index contributed by atoms with van der Waals surface area (Å²) in [5.41, 5.74) is 1.66. The lowest BCUT2D eigenvalue weighted by molar-refractivity contribution is 0.429. The topological polar surface area (TPSA) is 12.0 Å². The van der Waals surface area contributed by atoms with Crippen LogP contribution in [0.5, 0.6) is 0 Å². The first-order valence-corrected chi connectivity index (χ1v) is 6.81. The lowest BCUT2D eigenvalue weighted by Gasteiger charge is -2.20. The molecule has 1 unspecified atom stereocenters. The highest BCUT2D eigenvalue weighted by molar-refractivity contribution is 5.11. The molecule has 0 spiro atoms. The zero-order chi connectivity index (χ0) is 13.5. The maximum absolute atomic E-state index is 3.51. The van der Waals surface area contributed by atoms with E-state index in [-0.39, 0.29) is 5.54 Å². The lowest BCUT2D eigenvalue weighted by Crippen LogP contribution is -2.36. The Kier molecular flexibility index (Phi) is 7.45. The van der Waals surface area contributed by atoms with Crippen molar-refractivity contribution < 1.29 is 0 Å². The van der Waals surface area contributed by atoms with Gasteiger partial charge in [0.2, 0.25) is 0 Å². The van der Waals surface area contributed by atoms with E-state index in [1.54, 1.807) is 0 Å². The van der Waals surface area contributed by atoms with Crippen molar-refractivity contribution in [2.24, 2.45) is 11.8 Å². The molecule has 0 saturated heterocycles. The van der Waals surface area contributed by atoms with E-state index in [0.29, 0.717) is 5.92 Å². The summed E-state index contributed by atoms with van der Waals surface area (Å²) in [5.74, 6) is 1.38. The van der Waals surface area contributed by atoms with Gasteiger partial charge >= 0.3 is 0 Å². The van der Waals surface area contributed by atoms with Crippen LogP contribution in [0.4, 0.5) is 0 Å². The van der Waals surface area contributed by atoms with Gasteiger partial charge in [-0.25, -0.2) is 0 Å². The summed E-state index contributed by atoms with van der Waals surface area (Å²) in [6.07, 6.45) is 7.86. The van der Waals surface area contributed by atoms with Crippen LogP contribution < -0.4 is 5.32 Å². The fourth-order valence-electron chi connectivity index (χ4n) is 1.34. The van der Waals surface area contributed by atoms with E-state index in [0.717, 1.165) is 18.9 Å². The molecule has 0 amide bonds. The number of rotatable bonds is 6. The smallest absolute Gasteiger partial charge is 0.00966 e. The summed E-state index contributed by atoms with van der Waals surface area (Å²) in [6, 6.07) is 0. The molecule has 0 bridgehead atoms. The fraction of sp³-hybridized carbons (Fsp3) is 0.750. The summed E-state index contributed by atoms with van der Waals surface area (Å²) >= 11 is 0. The maximum atomic E-state index is 3.51. The van der Waals surface area contributed by atoms with E-state index in [1.807, 2.05) is 0 Å². The minimum absolute atomic E-state index is 0.224. The van der Waals surface area contributed by atoms with Gasteiger partial charge in [0.15, 0.2) is 0 Å². The number of allylic oxidation sites excluding steroid dienone is 3. The molecule has 100 valence electrons. The minimum atomic E-state index is 0.224. The monoisotopic (exact) mass is 237 g/mol. The average Bonchev–Trinajstić information content (AvgIpc) is 2.15. The molecule has 0 radical (unpaired) electrons. The van der Waals surface area contributed by atoms with Crippen LogP contribution in [-0.2, 0) is 0 Å². The molecule has 0 aliphatic heterocycles. The van der Waals surface area contributed by atoms with Crippen molar-refractivity contribution in [2.75, 3.05) is 6.54 Å². The Labute approximate surface area is 108 Å². The SMILES string of the molecule is C/C(=C\C=CC(C)C(C)C)CCNC(C)(C)C. The Morgan fingerprint density at radius 3 is 2.24 bits per heavy atom. The first-order chi connectivity index (χ1) is 7.72. The second-order valence-corrected chi connectivity index (χ2v) is 6.43. The predicted molar refractivity (Wildman–Crippen MR) is 79.3 cm³/mol. The Balaban J connectivity index is 3.94. The summed E-state index contributed by atoms with van der Waals surface area (Å²) in [7, 11) is 0. The van der Waals surface area contributed by atoms with Gasteiger partial charge in [0.25, 0.3) is 0 Å². The van der Waals surface area contributed by atoms with Gasteiger partial charge in [0.1, 0.15) is 0 Å². The molecule has 1 atom stereocenters. The van der Waals surface area contributed by atoms with Crippen LogP contribution >= 0.6 is 0 Å². The van der Waals surface area contributed by atoms with Crippen molar-refractivity contribution in [3.8, 4) is 0 Å². The molecule has 0 rings (SSSR count). The van der Waals surface area contributed by atoms with Crippen molar-refractivity contribution in [1.82, 2.24) is 5.32 Å². The van der Waals surface area contributed by atoms with Gasteiger partial charge in [-0.15, -0.1) is 0 Å². The van der Waals surface area contributed by atoms with Gasteiger partial charge in [-0.3, -0.25) is 0 Å². The zero-order valence-electron chi connectivity index (χ0n) is 12.8. The van der Waals surface area contributed by atoms with Crippen LogP contribution in [-0.4, -0.2) is 12.1 Å². The first kappa shape index (κ1) is 16.4. The van der Waals surface area contributed by atoms with E-state index in [9.17, 15) is 0 Å². The van der Waals surface area contributed by atoms with Crippen molar-refractivity contribution in [3.63, 3.8) is 0 Å². The molecule has 0 aromatic heterocycles. The Morgan fingerprint density at radius 1 is 1.18 bits per heavy atom. The third kappa shape index (κ3) is 10.3. The highest BCUT2D eigenvalue weighted by Gasteiger charge is 2.07. The average molecular weight is 237 g/mol. The third-order valence-corrected chi connectivity index (χ3v) is 3.02. The normalized spacial score (nSPS) is 15.9. The number of hydrogen-bond acceptors (Lipinski definition) is 1. The van der Waals surface area contributed by atoms with Crippen LogP contribution in [0, 0.1) is 11.8 Å². The van der Waals surface area contributed by atoms with Gasteiger partial charge in [-0.2, -0.15) is 0 Å². The lowest BCUT2D eigenvalue weighted by atomic mass is 9.97. The molecule has 0 aromatic rings. The molecule has 0 saturated carbocycles. The van der Waals surface area contributed by atoms with Gasteiger partial charge in [-0.05, 0) is 52.5 Å². The molecule has 1 nitrogen and oxygen atoms in total. The van der Waals surface area contributed by atoms with Crippen molar-refractivity contribution in [1.29, 1.82) is 0 Å². The molecule has 1 N–H and O–H groups in total. The summed E-state index contributed by atoms with van der Waals surface area (Å²) < 4.78 is 0. The van der Waals surface area contributed by atoms with E-state index in [4.69, 9.17) is 0 Å². The number of hydrogen-bond donors (Lipinski definition) is 1. The highest BCUT2D eigenvalue weighted by atomic mass is 14.9. The zero-order valence-corrected chi connectivity index (χ0v) is 12.8. The molecule has 0 aliphatic rings. The Morgan fingerprint density at radius 2 is 1.76 bits per heavy atom. The third-order valence-electron chi connectivity index (χ3n) is 3.02. The molecule has 0 heterocycles. The Hall–Kier alpha value is -0.560. The Bertz CT molecular complexity index is 253. The largest absolute Gasteiger partial charge is 0.312 e. The molecule has 17 heavy (non-hydrogen) atoms. The second-order valence-electron chi connectivity index (χ2n) is 6.43. The van der Waals surface area contributed by atoms with Crippen molar-refractivity contribution >= 4 is 0 Å². The molecule has 0 aromatic carbocycles. The minimum Gasteiger partial charge on any atom is -0.312 e. The van der Waals surface area contributed by atoms with E-state index in [1.165, 1.54) is 5.57 Å². The van der Waals surface area contributed by atoms with Crippen LogP contribution in [0.2, 0.25) is 0 Å². The molecule has 0 fully saturated rings. The van der Waals surface area contributed by atoms with Gasteiger partial charge in [0, 0.05) is 5.54 Å². The predicted octanol–water partition coefficient (Wildman–Crippen LogP) is 4.56. The number of nitrogens with one attached hydrogen (secondary N) is 1. The van der Waals surface area contributed by atoms with E-state index in [2.05, 4.69) is 72.0 Å². The van der Waals surface area contributed by atoms with Gasteiger partial charge in [-0.1, -0.05) is 44.6 Å². The summed E-state index contributed by atoms with van der Waals surface area (Å²) in [5, 5.41) is 3.51. The molecular formula is C16H31N. The molecular weight excluding hydrogens is 206 g/mol. The van der Waals surface area contributed by atoms with E-state index >= 15 is 0 Å². The van der Waals surface area contributed by atoms with Gasteiger partial charge in [0.05, 0.1) is 0 Å². The molecule has 0 aliphatic carbocycles. The van der Waals surface area contributed by atoms with Crippen molar-refractivity contribution in [2.45, 2.75) is 60.4 Å². The summed E-state index contributed by atoms with van der Waals surface area (Å²) in [4.78, 5) is 0. The fourth-order valence-corrected chi connectivity index (χ4v) is 1.34. The van der Waals surface area contributed by atoms with Gasteiger partial charge < -0.3 is 5.32 Å². The molecule has 1 heteroatoms. The van der Waals surface area contributed by atoms with Crippen LogP contribution in [0.1, 0.15) is 54.9 Å². The highest BCUT2D eigenvalue weighted by Crippen LogP contribution is 2.11.